The zero-order valence-corrected chi connectivity index (χ0v) is 19.9. The van der Waals surface area contributed by atoms with Crippen LogP contribution in [0.3, 0.4) is 0 Å². The third-order valence-corrected chi connectivity index (χ3v) is 6.66. The van der Waals surface area contributed by atoms with Crippen LogP contribution in [0.4, 0.5) is 10.1 Å². The normalized spacial score (nSPS) is 13.3. The number of nitrogens with zero attached hydrogens (tertiary/aromatic N) is 6. The largest absolute Gasteiger partial charge is 0.336 e. The molecule has 0 saturated heterocycles. The van der Waals surface area contributed by atoms with Crippen LogP contribution in [0.25, 0.3) is 56.0 Å². The highest BCUT2D eigenvalue weighted by Gasteiger charge is 2.29. The number of anilines is 1. The van der Waals surface area contributed by atoms with Crippen molar-refractivity contribution in [2.24, 2.45) is 5.92 Å². The smallest absolute Gasteiger partial charge is 0.227 e. The van der Waals surface area contributed by atoms with Crippen molar-refractivity contribution in [3.63, 3.8) is 0 Å². The first-order chi connectivity index (χ1) is 18.6. The van der Waals surface area contributed by atoms with Gasteiger partial charge in [0, 0.05) is 46.8 Å². The van der Waals surface area contributed by atoms with E-state index in [1.54, 1.807) is 49.1 Å². The van der Waals surface area contributed by atoms with Gasteiger partial charge in [-0.05, 0) is 37.1 Å². The number of H-pyrrole nitrogens is 1. The van der Waals surface area contributed by atoms with E-state index in [0.29, 0.717) is 50.5 Å². The van der Waals surface area contributed by atoms with Crippen LogP contribution in [0.15, 0.2) is 67.3 Å². The predicted octanol–water partition coefficient (Wildman–Crippen LogP) is 4.30. The van der Waals surface area contributed by atoms with E-state index in [9.17, 15) is 9.18 Å². The molecule has 0 bridgehead atoms. The molecule has 11 heteroatoms. The van der Waals surface area contributed by atoms with Gasteiger partial charge in [-0.3, -0.25) is 14.9 Å². The van der Waals surface area contributed by atoms with Gasteiger partial charge in [-0.2, -0.15) is 5.10 Å². The molecule has 10 nitrogen and oxygen atoms in total. The number of fused-ring (bicyclic) bond motifs is 2. The van der Waals surface area contributed by atoms with Gasteiger partial charge in [0.05, 0.1) is 17.3 Å². The Bertz CT molecular complexity index is 1870. The molecule has 1 fully saturated rings. The summed E-state index contributed by atoms with van der Waals surface area (Å²) in [5.41, 5.74) is 5.04. The van der Waals surface area contributed by atoms with E-state index in [2.05, 4.69) is 30.5 Å². The number of benzene rings is 1. The summed E-state index contributed by atoms with van der Waals surface area (Å²) in [4.78, 5) is 30.1. The number of carbonyl (C=O) groups excluding carboxylic acids is 1. The Morgan fingerprint density at radius 2 is 1.89 bits per heavy atom. The third-order valence-electron chi connectivity index (χ3n) is 6.66. The Morgan fingerprint density at radius 1 is 1.05 bits per heavy atom. The number of carbonyl (C=O) groups is 1. The number of pyridine rings is 3. The van der Waals surface area contributed by atoms with Crippen molar-refractivity contribution in [2.45, 2.75) is 12.8 Å². The molecule has 0 atom stereocenters. The van der Waals surface area contributed by atoms with Crippen molar-refractivity contribution < 1.29 is 9.18 Å². The molecule has 1 amide bonds. The summed E-state index contributed by atoms with van der Waals surface area (Å²) in [7, 11) is 0. The van der Waals surface area contributed by atoms with Gasteiger partial charge < -0.3 is 11.2 Å². The van der Waals surface area contributed by atoms with Gasteiger partial charge in [-0.15, -0.1) is 0 Å². The lowest BCUT2D eigenvalue weighted by molar-refractivity contribution is -0.117. The van der Waals surface area contributed by atoms with Gasteiger partial charge in [0.15, 0.2) is 17.1 Å². The number of amides is 1. The molecule has 7 rings (SSSR count). The van der Waals surface area contributed by atoms with Gasteiger partial charge in [-0.1, -0.05) is 18.2 Å². The van der Waals surface area contributed by atoms with E-state index < -0.39 is 0 Å². The molecular weight excluding hydrogens is 485 g/mol. The second-order valence-corrected chi connectivity index (χ2v) is 9.23. The number of aromatic nitrogens is 7. The van der Waals surface area contributed by atoms with Gasteiger partial charge >= 0.3 is 0 Å². The van der Waals surface area contributed by atoms with Gasteiger partial charge in [-0.25, -0.2) is 24.0 Å². The second kappa shape index (κ2) is 8.44. The molecule has 1 aromatic carbocycles. The van der Waals surface area contributed by atoms with Crippen molar-refractivity contribution in [1.82, 2.24) is 34.8 Å². The second-order valence-electron chi connectivity index (χ2n) is 9.23. The molecule has 38 heavy (non-hydrogen) atoms. The molecule has 1 saturated carbocycles. The fourth-order valence-corrected chi connectivity index (χ4v) is 4.54. The van der Waals surface area contributed by atoms with Crippen LogP contribution in [0.5, 0.6) is 0 Å². The maximum atomic E-state index is 14.6. The predicted molar refractivity (Wildman–Crippen MR) is 141 cm³/mol. The molecule has 0 aliphatic heterocycles. The van der Waals surface area contributed by atoms with Crippen LogP contribution in [0.1, 0.15) is 12.8 Å². The minimum Gasteiger partial charge on any atom is -0.336 e. The first-order valence-electron chi connectivity index (χ1n) is 12.0. The summed E-state index contributed by atoms with van der Waals surface area (Å²) in [5.74, 6) is 6.52. The zero-order valence-electron chi connectivity index (χ0n) is 19.9. The van der Waals surface area contributed by atoms with Crippen molar-refractivity contribution in [3.05, 3.63) is 73.1 Å². The lowest BCUT2D eigenvalue weighted by atomic mass is 10.1. The molecule has 6 aromatic rings. The van der Waals surface area contributed by atoms with Crippen molar-refractivity contribution in [1.29, 1.82) is 0 Å². The van der Waals surface area contributed by atoms with Crippen LogP contribution < -0.4 is 11.2 Å². The fraction of sp³-hybridized carbons (Fsp3) is 0.111. The number of halogens is 1. The highest BCUT2D eigenvalue weighted by molar-refractivity contribution is 5.97. The van der Waals surface area contributed by atoms with Gasteiger partial charge in [0.25, 0.3) is 0 Å². The monoisotopic (exact) mass is 505 g/mol. The maximum absolute atomic E-state index is 14.6. The molecule has 5 heterocycles. The van der Waals surface area contributed by atoms with Crippen LogP contribution in [0, 0.1) is 11.7 Å². The third kappa shape index (κ3) is 3.63. The van der Waals surface area contributed by atoms with Gasteiger partial charge in [0.1, 0.15) is 17.0 Å². The average molecular weight is 506 g/mol. The number of nitrogens with two attached hydrogens (primary N) is 1. The maximum Gasteiger partial charge on any atom is 0.227 e. The van der Waals surface area contributed by atoms with Crippen LogP contribution in [-0.4, -0.2) is 40.7 Å². The molecule has 186 valence electrons. The topological polar surface area (TPSA) is 140 Å². The Morgan fingerprint density at radius 3 is 2.74 bits per heavy atom. The minimum absolute atomic E-state index is 0.0138. The minimum atomic E-state index is -0.364. The molecule has 5 aromatic heterocycles. The zero-order chi connectivity index (χ0) is 25.8. The van der Waals surface area contributed by atoms with Crippen LogP contribution >= 0.6 is 0 Å². The number of nitrogens with one attached hydrogen (secondary N) is 2. The summed E-state index contributed by atoms with van der Waals surface area (Å²) in [6.07, 6.45) is 8.45. The lowest BCUT2D eigenvalue weighted by Crippen LogP contribution is -2.13. The highest BCUT2D eigenvalue weighted by atomic mass is 19.1. The molecule has 1 aliphatic rings. The van der Waals surface area contributed by atoms with Crippen LogP contribution in [-0.2, 0) is 4.79 Å². The number of aromatic amines is 1. The first-order valence-corrected chi connectivity index (χ1v) is 12.0. The van der Waals surface area contributed by atoms with Crippen molar-refractivity contribution in [3.8, 4) is 33.8 Å². The van der Waals surface area contributed by atoms with E-state index >= 15 is 0 Å². The van der Waals surface area contributed by atoms with Crippen LogP contribution in [0.2, 0.25) is 0 Å². The van der Waals surface area contributed by atoms with E-state index in [-0.39, 0.29) is 17.6 Å². The highest BCUT2D eigenvalue weighted by Crippen LogP contribution is 2.34. The Hall–Kier alpha value is -5.19. The van der Waals surface area contributed by atoms with E-state index in [4.69, 9.17) is 10.8 Å². The summed E-state index contributed by atoms with van der Waals surface area (Å²) < 4.78 is 15.9. The molecule has 1 aliphatic carbocycles. The lowest BCUT2D eigenvalue weighted by Gasteiger charge is -2.07. The quantitative estimate of drug-likeness (QED) is 0.297. The number of imidazole rings is 1. The Labute approximate surface area is 214 Å². The molecular formula is C27H20FN9O. The summed E-state index contributed by atoms with van der Waals surface area (Å²) in [6, 6.07) is 12.0. The fourth-order valence-electron chi connectivity index (χ4n) is 4.54. The Kier molecular flexibility index (Phi) is 4.90. The summed E-state index contributed by atoms with van der Waals surface area (Å²) in [6.45, 7) is 0. The molecule has 4 N–H and O–H groups in total. The average Bonchev–Trinajstić information content (AvgIpc) is 3.63. The summed E-state index contributed by atoms with van der Waals surface area (Å²) in [5, 5.41) is 11.0. The first kappa shape index (κ1) is 22.0. The Balaban J connectivity index is 1.32. The number of hydrogen-bond acceptors (Lipinski definition) is 7. The molecule has 0 spiro atoms. The molecule has 0 radical (unpaired) electrons. The molecule has 0 unspecified atom stereocenters. The number of hydrogen-bond donors (Lipinski definition) is 3. The van der Waals surface area contributed by atoms with Gasteiger partial charge in [0.2, 0.25) is 5.91 Å². The van der Waals surface area contributed by atoms with E-state index in [1.165, 1.54) is 10.7 Å². The number of rotatable bonds is 5. The number of nitrogen functional groups attached to an aromatic ring is 1. The SMILES string of the molecule is Nn1c(-c2n[nH]c3ncc(-c4cncc(NC(=O)C5CC5)c4)cc23)nc2c(-c3ccccc3F)ccnc21. The van der Waals surface area contributed by atoms with Crippen molar-refractivity contribution in [2.75, 3.05) is 11.2 Å². The van der Waals surface area contributed by atoms with Crippen molar-refractivity contribution >= 4 is 33.8 Å². The standard InChI is InChI=1S/C27H20FN9O/c28-21-4-2-1-3-18(21)19-7-8-31-25-22(19)34-26(37(25)29)23-20-10-16(12-32-24(20)36-35-23)15-9-17(13-30-11-15)33-27(38)14-5-6-14/h1-4,7-14H,5-6,29H2,(H,33,38)(H,32,35,36). The summed E-state index contributed by atoms with van der Waals surface area (Å²) >= 11 is 0. The van der Waals surface area contributed by atoms with E-state index in [0.717, 1.165) is 24.0 Å². The van der Waals surface area contributed by atoms with E-state index in [1.807, 2.05) is 12.1 Å².